The van der Waals surface area contributed by atoms with E-state index in [0.29, 0.717) is 0 Å². The zero-order valence-electron chi connectivity index (χ0n) is 15.6. The summed E-state index contributed by atoms with van der Waals surface area (Å²) in [5.74, 6) is 0. The predicted octanol–water partition coefficient (Wildman–Crippen LogP) is 7.18. The van der Waals surface area contributed by atoms with Crippen LogP contribution in [0, 0.1) is 0 Å². The molecule has 0 bridgehead atoms. The number of hydrogen-bond acceptors (Lipinski definition) is 1. The SMILES string of the molecule is CCCCCCC[CH2][Al]([CH2]CCC=O)[CH2]CCCCCCC. The first-order valence-electron chi connectivity index (χ1n) is 10.3. The number of carbonyl (C=O) groups is 1. The Labute approximate surface area is 145 Å². The van der Waals surface area contributed by atoms with Gasteiger partial charge in [-0.05, 0) is 0 Å². The van der Waals surface area contributed by atoms with Crippen LogP contribution < -0.4 is 0 Å². The zero-order chi connectivity index (χ0) is 16.3. The van der Waals surface area contributed by atoms with Crippen LogP contribution in [0.25, 0.3) is 0 Å². The van der Waals surface area contributed by atoms with Crippen LogP contribution in [0.4, 0.5) is 0 Å². The van der Waals surface area contributed by atoms with E-state index in [4.69, 9.17) is 0 Å². The molecule has 0 aromatic heterocycles. The molecule has 1 nitrogen and oxygen atoms in total. The molecule has 0 aliphatic rings. The molecule has 0 aliphatic carbocycles. The standard InChI is InChI=1S/2C8H17.C4H7O.Al/c2*1-3-5-7-8-6-4-2;1-2-3-4-5;/h2*1,3-8H2,2H3;4H,1-3H2;. The summed E-state index contributed by atoms with van der Waals surface area (Å²) in [5, 5.41) is 4.50. The molecule has 0 N–H and O–H groups in total. The highest BCUT2D eigenvalue weighted by Crippen LogP contribution is 2.19. The summed E-state index contributed by atoms with van der Waals surface area (Å²) in [6, 6.07) is 0. The van der Waals surface area contributed by atoms with Gasteiger partial charge in [-0.2, -0.15) is 0 Å². The summed E-state index contributed by atoms with van der Waals surface area (Å²) >= 11 is -0.542. The lowest BCUT2D eigenvalue weighted by Gasteiger charge is -2.11. The van der Waals surface area contributed by atoms with Gasteiger partial charge in [0.2, 0.25) is 0 Å². The molecule has 0 heterocycles. The second kappa shape index (κ2) is 19.2. The van der Waals surface area contributed by atoms with Gasteiger partial charge in [-0.25, -0.2) is 0 Å². The minimum absolute atomic E-state index is 0.542. The third-order valence-corrected chi connectivity index (χ3v) is 8.54. The molecule has 0 fully saturated rings. The fraction of sp³-hybridized carbons (Fsp3) is 0.950. The van der Waals surface area contributed by atoms with Gasteiger partial charge >= 0.3 is 0 Å². The van der Waals surface area contributed by atoms with Gasteiger partial charge in [0.1, 0.15) is 6.29 Å². The van der Waals surface area contributed by atoms with E-state index in [1.807, 2.05) is 0 Å². The molecule has 0 amide bonds. The maximum Gasteiger partial charge on any atom is 0.261 e. The van der Waals surface area contributed by atoms with Crippen molar-refractivity contribution in [2.75, 3.05) is 0 Å². The molecule has 0 saturated carbocycles. The lowest BCUT2D eigenvalue weighted by molar-refractivity contribution is -0.107. The molecule has 0 unspecified atom stereocenters. The van der Waals surface area contributed by atoms with E-state index in [1.165, 1.54) is 88.8 Å². The van der Waals surface area contributed by atoms with Crippen molar-refractivity contribution in [3.63, 3.8) is 0 Å². The summed E-state index contributed by atoms with van der Waals surface area (Å²) < 4.78 is 0. The van der Waals surface area contributed by atoms with E-state index in [-0.39, 0.29) is 0 Å². The Hall–Kier alpha value is 0.202. The second-order valence-corrected chi connectivity index (χ2v) is 10.5. The van der Waals surface area contributed by atoms with Crippen LogP contribution in [0.3, 0.4) is 0 Å². The zero-order valence-corrected chi connectivity index (χ0v) is 16.7. The van der Waals surface area contributed by atoms with Crippen LogP contribution >= 0.6 is 0 Å². The highest BCUT2D eigenvalue weighted by Gasteiger charge is 2.15. The third kappa shape index (κ3) is 16.6. The largest absolute Gasteiger partial charge is 0.303 e. The van der Waals surface area contributed by atoms with Gasteiger partial charge < -0.3 is 4.79 Å². The quantitative estimate of drug-likeness (QED) is 0.148. The molecule has 130 valence electrons. The molecule has 0 saturated heterocycles. The van der Waals surface area contributed by atoms with E-state index < -0.39 is 14.1 Å². The molecule has 2 heteroatoms. The average molecular weight is 325 g/mol. The van der Waals surface area contributed by atoms with E-state index in [1.54, 1.807) is 10.6 Å². The van der Waals surface area contributed by atoms with Crippen molar-refractivity contribution in [1.29, 1.82) is 0 Å². The Morgan fingerprint density at radius 2 is 1.00 bits per heavy atom. The lowest BCUT2D eigenvalue weighted by atomic mass is 10.1. The Balaban J connectivity index is 3.67. The highest BCUT2D eigenvalue weighted by molar-refractivity contribution is 6.58. The van der Waals surface area contributed by atoms with Crippen molar-refractivity contribution in [2.45, 2.75) is 120 Å². The van der Waals surface area contributed by atoms with Crippen molar-refractivity contribution >= 4 is 20.4 Å². The fourth-order valence-corrected chi connectivity index (χ4v) is 6.76. The van der Waals surface area contributed by atoms with Crippen LogP contribution in [-0.2, 0) is 4.79 Å². The van der Waals surface area contributed by atoms with Crippen LogP contribution in [0.2, 0.25) is 15.8 Å². The van der Waals surface area contributed by atoms with Gasteiger partial charge in [0.05, 0.1) is 0 Å². The van der Waals surface area contributed by atoms with Gasteiger partial charge in [0.15, 0.2) is 0 Å². The molecule has 0 aromatic rings. The van der Waals surface area contributed by atoms with Crippen molar-refractivity contribution in [2.24, 2.45) is 0 Å². The van der Waals surface area contributed by atoms with Crippen LogP contribution in [0.5, 0.6) is 0 Å². The first kappa shape index (κ1) is 22.2. The molecule has 0 rings (SSSR count). The van der Waals surface area contributed by atoms with Gasteiger partial charge in [0, 0.05) is 6.42 Å². The fourth-order valence-electron chi connectivity index (χ4n) is 3.35. The second-order valence-electron chi connectivity index (χ2n) is 7.08. The van der Waals surface area contributed by atoms with E-state index in [0.717, 1.165) is 12.7 Å². The Morgan fingerprint density at radius 1 is 0.591 bits per heavy atom. The topological polar surface area (TPSA) is 17.1 Å². The minimum atomic E-state index is -0.542. The molecular formula is C20H41AlO. The number of hydrogen-bond donors (Lipinski definition) is 0. The molecular weight excluding hydrogens is 283 g/mol. The summed E-state index contributed by atoms with van der Waals surface area (Å²) in [4.78, 5) is 10.5. The van der Waals surface area contributed by atoms with E-state index in [9.17, 15) is 4.79 Å². The Kier molecular flexibility index (Phi) is 19.4. The monoisotopic (exact) mass is 324 g/mol. The molecule has 22 heavy (non-hydrogen) atoms. The van der Waals surface area contributed by atoms with Crippen molar-refractivity contribution in [3.05, 3.63) is 0 Å². The summed E-state index contributed by atoms with van der Waals surface area (Å²) in [6.45, 7) is 4.58. The van der Waals surface area contributed by atoms with Gasteiger partial charge in [-0.3, -0.25) is 0 Å². The summed E-state index contributed by atoms with van der Waals surface area (Å²) in [5.41, 5.74) is 0. The van der Waals surface area contributed by atoms with Crippen molar-refractivity contribution in [3.8, 4) is 0 Å². The van der Waals surface area contributed by atoms with Crippen molar-refractivity contribution < 1.29 is 4.79 Å². The van der Waals surface area contributed by atoms with Crippen LogP contribution in [-0.4, -0.2) is 20.4 Å². The molecule has 0 atom stereocenters. The van der Waals surface area contributed by atoms with Gasteiger partial charge in [-0.15, -0.1) is 0 Å². The number of aldehydes is 1. The average Bonchev–Trinajstić information content (AvgIpc) is 2.53. The summed E-state index contributed by atoms with van der Waals surface area (Å²) in [7, 11) is 0. The van der Waals surface area contributed by atoms with Crippen LogP contribution in [0.1, 0.15) is 104 Å². The minimum Gasteiger partial charge on any atom is -0.303 e. The predicted molar refractivity (Wildman–Crippen MR) is 102 cm³/mol. The first-order chi connectivity index (χ1) is 10.8. The number of unbranched alkanes of at least 4 members (excludes halogenated alkanes) is 11. The maximum atomic E-state index is 10.5. The number of rotatable bonds is 18. The molecule has 0 radical (unpaired) electrons. The van der Waals surface area contributed by atoms with E-state index >= 15 is 0 Å². The maximum absolute atomic E-state index is 10.5. The van der Waals surface area contributed by atoms with Gasteiger partial charge in [0.25, 0.3) is 14.1 Å². The molecule has 0 aromatic carbocycles. The summed E-state index contributed by atoms with van der Waals surface area (Å²) in [6.07, 6.45) is 20.2. The molecule has 0 aliphatic heterocycles. The highest BCUT2D eigenvalue weighted by atomic mass is 27.2. The Bertz CT molecular complexity index is 202. The normalized spacial score (nSPS) is 10.8. The molecule has 0 spiro atoms. The third-order valence-electron chi connectivity index (χ3n) is 4.87. The van der Waals surface area contributed by atoms with E-state index in [2.05, 4.69) is 13.8 Å². The lowest BCUT2D eigenvalue weighted by Crippen LogP contribution is -2.12. The van der Waals surface area contributed by atoms with Crippen LogP contribution in [0.15, 0.2) is 0 Å². The first-order valence-corrected chi connectivity index (χ1v) is 12.7. The van der Waals surface area contributed by atoms with Crippen molar-refractivity contribution in [1.82, 2.24) is 0 Å². The number of carbonyl (C=O) groups excluding carboxylic acids is 1. The Morgan fingerprint density at radius 3 is 1.45 bits per heavy atom. The smallest absolute Gasteiger partial charge is 0.261 e. The van der Waals surface area contributed by atoms with Gasteiger partial charge in [-0.1, -0.05) is 113 Å².